The summed E-state index contributed by atoms with van der Waals surface area (Å²) < 4.78 is 0. The molecular weight excluding hydrogens is 186 g/mol. The Morgan fingerprint density at radius 2 is 2.13 bits per heavy atom. The molecule has 0 radical (unpaired) electrons. The van der Waals surface area contributed by atoms with Gasteiger partial charge in [-0.15, -0.1) is 0 Å². The van der Waals surface area contributed by atoms with Crippen LogP contribution in [0, 0.1) is 11.3 Å². The summed E-state index contributed by atoms with van der Waals surface area (Å²) in [5, 5.41) is 12.3. The minimum Gasteiger partial charge on any atom is -0.301 e. The monoisotopic (exact) mass is 209 g/mol. The van der Waals surface area contributed by atoms with E-state index in [1.54, 1.807) is 0 Å². The molecule has 0 heterocycles. The van der Waals surface area contributed by atoms with Crippen LogP contribution in [0.3, 0.4) is 0 Å². The molecule has 1 aliphatic rings. The quantitative estimate of drug-likeness (QED) is 0.694. The van der Waals surface area contributed by atoms with Crippen LogP contribution in [0.5, 0.6) is 0 Å². The normalized spacial score (nSPS) is 18.1. The molecule has 1 aliphatic carbocycles. The minimum atomic E-state index is 0.0119. The van der Waals surface area contributed by atoms with Crippen molar-refractivity contribution in [2.75, 3.05) is 13.1 Å². The van der Waals surface area contributed by atoms with E-state index in [0.717, 1.165) is 25.6 Å². The molecule has 1 rings (SSSR count). The summed E-state index contributed by atoms with van der Waals surface area (Å²) >= 11 is 0. The van der Waals surface area contributed by atoms with Crippen molar-refractivity contribution in [3.63, 3.8) is 0 Å². The molecule has 3 nitrogen and oxygen atoms in total. The van der Waals surface area contributed by atoms with Crippen LogP contribution in [-0.2, 0) is 0 Å². The van der Waals surface area contributed by atoms with Crippen LogP contribution in [0.4, 0.5) is 0 Å². The first kappa shape index (κ1) is 12.5. The fourth-order valence-corrected chi connectivity index (χ4v) is 1.92. The Bertz CT molecular complexity index is 215. The molecule has 0 aromatic carbocycles. The molecular formula is C12H23N3. The lowest BCUT2D eigenvalue weighted by Crippen LogP contribution is -2.37. The first-order chi connectivity index (χ1) is 7.17. The van der Waals surface area contributed by atoms with Gasteiger partial charge in [0, 0.05) is 18.6 Å². The van der Waals surface area contributed by atoms with Crippen molar-refractivity contribution >= 4 is 0 Å². The average Bonchev–Trinajstić information content (AvgIpc) is 3.00. The molecule has 1 saturated carbocycles. The zero-order valence-corrected chi connectivity index (χ0v) is 10.2. The maximum Gasteiger partial charge on any atom is 0.0967 e. The highest BCUT2D eigenvalue weighted by atomic mass is 15.2. The molecule has 0 bridgehead atoms. The van der Waals surface area contributed by atoms with E-state index in [9.17, 15) is 0 Å². The summed E-state index contributed by atoms with van der Waals surface area (Å²) in [6.45, 7) is 8.55. The standard InChI is InChI=1S/C12H23N3/c1-4-15(12-5-6-12)8-7-11(9-13)14-10(2)3/h10-12,14H,4-8H2,1-3H3. The fraction of sp³-hybridized carbons (Fsp3) is 0.917. The van der Waals surface area contributed by atoms with Crippen molar-refractivity contribution in [1.82, 2.24) is 10.2 Å². The van der Waals surface area contributed by atoms with Crippen molar-refractivity contribution in [2.24, 2.45) is 0 Å². The molecule has 0 amide bonds. The second kappa shape index (κ2) is 6.09. The van der Waals surface area contributed by atoms with Gasteiger partial charge in [-0.3, -0.25) is 5.32 Å². The Balaban J connectivity index is 2.23. The Morgan fingerprint density at radius 1 is 1.47 bits per heavy atom. The van der Waals surface area contributed by atoms with E-state index in [-0.39, 0.29) is 6.04 Å². The summed E-state index contributed by atoms with van der Waals surface area (Å²) in [6, 6.07) is 3.55. The van der Waals surface area contributed by atoms with Gasteiger partial charge in [0.2, 0.25) is 0 Å². The first-order valence-electron chi connectivity index (χ1n) is 6.07. The maximum absolute atomic E-state index is 8.98. The summed E-state index contributed by atoms with van der Waals surface area (Å²) in [7, 11) is 0. The third-order valence-electron chi connectivity index (χ3n) is 2.86. The number of hydrogen-bond acceptors (Lipinski definition) is 3. The molecule has 1 N–H and O–H groups in total. The van der Waals surface area contributed by atoms with Crippen molar-refractivity contribution in [3.05, 3.63) is 0 Å². The van der Waals surface area contributed by atoms with Gasteiger partial charge in [-0.2, -0.15) is 5.26 Å². The molecule has 1 fully saturated rings. The highest BCUT2D eigenvalue weighted by molar-refractivity contribution is 4.92. The summed E-state index contributed by atoms with van der Waals surface area (Å²) in [5.41, 5.74) is 0. The van der Waals surface area contributed by atoms with Crippen LogP contribution < -0.4 is 5.32 Å². The number of nitriles is 1. The molecule has 3 heteroatoms. The van der Waals surface area contributed by atoms with Crippen molar-refractivity contribution < 1.29 is 0 Å². The van der Waals surface area contributed by atoms with Crippen LogP contribution in [0.15, 0.2) is 0 Å². The van der Waals surface area contributed by atoms with Gasteiger partial charge < -0.3 is 4.90 Å². The number of rotatable bonds is 7. The van der Waals surface area contributed by atoms with Gasteiger partial charge in [-0.05, 0) is 39.7 Å². The van der Waals surface area contributed by atoms with E-state index in [0.29, 0.717) is 6.04 Å². The second-order valence-corrected chi connectivity index (χ2v) is 4.65. The van der Waals surface area contributed by atoms with Gasteiger partial charge in [0.05, 0.1) is 12.1 Å². The lowest BCUT2D eigenvalue weighted by atomic mass is 10.2. The predicted molar refractivity (Wildman–Crippen MR) is 62.6 cm³/mol. The molecule has 0 aliphatic heterocycles. The molecule has 0 aromatic rings. The largest absolute Gasteiger partial charge is 0.301 e. The van der Waals surface area contributed by atoms with E-state index in [1.165, 1.54) is 12.8 Å². The number of nitrogens with zero attached hydrogens (tertiary/aromatic N) is 2. The Labute approximate surface area is 93.5 Å². The summed E-state index contributed by atoms with van der Waals surface area (Å²) in [6.07, 6.45) is 3.64. The SMILES string of the molecule is CCN(CCC(C#N)NC(C)C)C1CC1. The van der Waals surface area contributed by atoms with Crippen LogP contribution in [0.25, 0.3) is 0 Å². The lowest BCUT2D eigenvalue weighted by Gasteiger charge is -2.22. The predicted octanol–water partition coefficient (Wildman–Crippen LogP) is 1.75. The average molecular weight is 209 g/mol. The smallest absolute Gasteiger partial charge is 0.0967 e. The Hall–Kier alpha value is -0.590. The van der Waals surface area contributed by atoms with E-state index in [2.05, 4.69) is 37.1 Å². The summed E-state index contributed by atoms with van der Waals surface area (Å²) in [5.74, 6) is 0. The number of nitrogens with one attached hydrogen (secondary N) is 1. The molecule has 1 unspecified atom stereocenters. The topological polar surface area (TPSA) is 39.1 Å². The zero-order chi connectivity index (χ0) is 11.3. The van der Waals surface area contributed by atoms with E-state index in [1.807, 2.05) is 0 Å². The zero-order valence-electron chi connectivity index (χ0n) is 10.2. The van der Waals surface area contributed by atoms with Gasteiger partial charge in [-0.25, -0.2) is 0 Å². The third kappa shape index (κ3) is 4.63. The Kier molecular flexibility index (Phi) is 5.07. The van der Waals surface area contributed by atoms with Crippen molar-refractivity contribution in [1.29, 1.82) is 5.26 Å². The lowest BCUT2D eigenvalue weighted by molar-refractivity contribution is 0.264. The van der Waals surface area contributed by atoms with Gasteiger partial charge in [-0.1, -0.05) is 6.92 Å². The van der Waals surface area contributed by atoms with E-state index < -0.39 is 0 Å². The third-order valence-corrected chi connectivity index (χ3v) is 2.86. The second-order valence-electron chi connectivity index (χ2n) is 4.65. The highest BCUT2D eigenvalue weighted by Crippen LogP contribution is 2.26. The minimum absolute atomic E-state index is 0.0119. The van der Waals surface area contributed by atoms with Crippen LogP contribution in [0.1, 0.15) is 40.0 Å². The molecule has 0 spiro atoms. The maximum atomic E-state index is 8.98. The first-order valence-corrected chi connectivity index (χ1v) is 6.07. The molecule has 0 aromatic heterocycles. The highest BCUT2D eigenvalue weighted by Gasteiger charge is 2.27. The van der Waals surface area contributed by atoms with Gasteiger partial charge in [0.25, 0.3) is 0 Å². The fourth-order valence-electron chi connectivity index (χ4n) is 1.92. The van der Waals surface area contributed by atoms with Crippen LogP contribution in [0.2, 0.25) is 0 Å². The van der Waals surface area contributed by atoms with E-state index >= 15 is 0 Å². The van der Waals surface area contributed by atoms with Crippen molar-refractivity contribution in [3.8, 4) is 6.07 Å². The van der Waals surface area contributed by atoms with E-state index in [4.69, 9.17) is 5.26 Å². The van der Waals surface area contributed by atoms with Crippen molar-refractivity contribution in [2.45, 2.75) is 58.2 Å². The van der Waals surface area contributed by atoms with Gasteiger partial charge >= 0.3 is 0 Å². The molecule has 86 valence electrons. The van der Waals surface area contributed by atoms with Gasteiger partial charge in [0.15, 0.2) is 0 Å². The molecule has 0 saturated heterocycles. The van der Waals surface area contributed by atoms with Crippen LogP contribution in [-0.4, -0.2) is 36.1 Å². The Morgan fingerprint density at radius 3 is 2.53 bits per heavy atom. The molecule has 1 atom stereocenters. The van der Waals surface area contributed by atoms with Gasteiger partial charge in [0.1, 0.15) is 0 Å². The summed E-state index contributed by atoms with van der Waals surface area (Å²) in [4.78, 5) is 2.49. The molecule has 15 heavy (non-hydrogen) atoms. The number of hydrogen-bond donors (Lipinski definition) is 1. The van der Waals surface area contributed by atoms with Crippen LogP contribution >= 0.6 is 0 Å².